The summed E-state index contributed by atoms with van der Waals surface area (Å²) in [5.74, 6) is 0.395. The molecule has 0 radical (unpaired) electrons. The zero-order chi connectivity index (χ0) is 29.9. The molecule has 2 aromatic carbocycles. The SMILES string of the molecule is CCOC(=O)C1=C(C)NC(=O)N[C@H]1c1ccc(OCC(=O)N/N=C\c2cc(Cl)c(OCC)c(OCC)c2)c(OC)c1. The molecule has 1 heterocycles. The van der Waals surface area contributed by atoms with Gasteiger partial charge in [-0.05, 0) is 63.1 Å². The van der Waals surface area contributed by atoms with Crippen LogP contribution in [-0.2, 0) is 14.3 Å². The molecule has 0 aromatic heterocycles. The first-order valence-corrected chi connectivity index (χ1v) is 13.3. The van der Waals surface area contributed by atoms with Gasteiger partial charge >= 0.3 is 12.0 Å². The van der Waals surface area contributed by atoms with Crippen molar-refractivity contribution >= 4 is 35.7 Å². The van der Waals surface area contributed by atoms with Gasteiger partial charge in [-0.2, -0.15) is 5.10 Å². The highest BCUT2D eigenvalue weighted by Gasteiger charge is 2.32. The van der Waals surface area contributed by atoms with Crippen LogP contribution < -0.4 is 35.0 Å². The zero-order valence-corrected chi connectivity index (χ0v) is 24.2. The molecule has 2 aromatic rings. The maximum absolute atomic E-state index is 12.6. The van der Waals surface area contributed by atoms with Crippen LogP contribution in [-0.4, -0.2) is 57.7 Å². The molecule has 0 bridgehead atoms. The lowest BCUT2D eigenvalue weighted by Gasteiger charge is -2.28. The normalized spacial score (nSPS) is 14.7. The first-order valence-electron chi connectivity index (χ1n) is 12.9. The topological polar surface area (TPSA) is 146 Å². The maximum atomic E-state index is 12.6. The largest absolute Gasteiger partial charge is 0.493 e. The smallest absolute Gasteiger partial charge is 0.338 e. The Bertz CT molecular complexity index is 1340. The zero-order valence-electron chi connectivity index (χ0n) is 23.5. The predicted molar refractivity (Wildman–Crippen MR) is 152 cm³/mol. The summed E-state index contributed by atoms with van der Waals surface area (Å²) in [7, 11) is 1.43. The highest BCUT2D eigenvalue weighted by molar-refractivity contribution is 6.32. The van der Waals surface area contributed by atoms with E-state index in [0.717, 1.165) is 0 Å². The van der Waals surface area contributed by atoms with Gasteiger partial charge in [0.2, 0.25) is 0 Å². The minimum atomic E-state index is -0.775. The number of rotatable bonds is 13. The molecule has 0 fully saturated rings. The van der Waals surface area contributed by atoms with E-state index in [-0.39, 0.29) is 24.5 Å². The summed E-state index contributed by atoms with van der Waals surface area (Å²) in [6.45, 7) is 7.67. The summed E-state index contributed by atoms with van der Waals surface area (Å²) in [5.41, 5.74) is 4.19. The van der Waals surface area contributed by atoms with Crippen molar-refractivity contribution in [3.63, 3.8) is 0 Å². The van der Waals surface area contributed by atoms with Gasteiger partial charge < -0.3 is 34.3 Å². The van der Waals surface area contributed by atoms with Gasteiger partial charge in [0.25, 0.3) is 5.91 Å². The van der Waals surface area contributed by atoms with Crippen LogP contribution in [0.4, 0.5) is 4.79 Å². The minimum Gasteiger partial charge on any atom is -0.493 e. The lowest BCUT2D eigenvalue weighted by Crippen LogP contribution is -2.45. The molecule has 1 atom stereocenters. The van der Waals surface area contributed by atoms with Crippen LogP contribution in [0.3, 0.4) is 0 Å². The number of benzene rings is 2. The first-order chi connectivity index (χ1) is 19.7. The Morgan fingerprint density at radius 3 is 2.46 bits per heavy atom. The fourth-order valence-electron chi connectivity index (χ4n) is 3.97. The Morgan fingerprint density at radius 1 is 1.02 bits per heavy atom. The maximum Gasteiger partial charge on any atom is 0.338 e. The Morgan fingerprint density at radius 2 is 1.78 bits per heavy atom. The van der Waals surface area contributed by atoms with Crippen molar-refractivity contribution in [3.05, 3.63) is 57.8 Å². The van der Waals surface area contributed by atoms with E-state index < -0.39 is 23.9 Å². The van der Waals surface area contributed by atoms with E-state index in [4.69, 9.17) is 35.3 Å². The van der Waals surface area contributed by atoms with Gasteiger partial charge in [0, 0.05) is 5.70 Å². The third kappa shape index (κ3) is 8.04. The molecule has 220 valence electrons. The summed E-state index contributed by atoms with van der Waals surface area (Å²) in [6, 6.07) is 6.95. The van der Waals surface area contributed by atoms with E-state index in [9.17, 15) is 14.4 Å². The highest BCUT2D eigenvalue weighted by atomic mass is 35.5. The second kappa shape index (κ2) is 14.8. The van der Waals surface area contributed by atoms with Crippen molar-refractivity contribution in [1.29, 1.82) is 0 Å². The second-order valence-electron chi connectivity index (χ2n) is 8.48. The van der Waals surface area contributed by atoms with Crippen molar-refractivity contribution in [2.45, 2.75) is 33.7 Å². The number of urea groups is 1. The molecule has 13 heteroatoms. The van der Waals surface area contributed by atoms with Crippen LogP contribution in [0, 0.1) is 0 Å². The molecule has 12 nitrogen and oxygen atoms in total. The van der Waals surface area contributed by atoms with Gasteiger partial charge in [0.1, 0.15) is 0 Å². The Labute approximate surface area is 243 Å². The summed E-state index contributed by atoms with van der Waals surface area (Å²) in [4.78, 5) is 37.1. The molecule has 0 aliphatic carbocycles. The van der Waals surface area contributed by atoms with Gasteiger partial charge in [-0.3, -0.25) is 4.79 Å². The fourth-order valence-corrected chi connectivity index (χ4v) is 4.24. The molecule has 3 amide bonds. The van der Waals surface area contributed by atoms with E-state index in [1.807, 2.05) is 13.8 Å². The Kier molecular flexibility index (Phi) is 11.2. The van der Waals surface area contributed by atoms with Crippen molar-refractivity contribution < 1.29 is 38.1 Å². The van der Waals surface area contributed by atoms with Gasteiger partial charge in [-0.25, -0.2) is 15.0 Å². The Hall–Kier alpha value is -4.45. The number of amides is 3. The van der Waals surface area contributed by atoms with Gasteiger partial charge in [-0.1, -0.05) is 17.7 Å². The molecular weight excluding hydrogens is 556 g/mol. The molecule has 3 N–H and O–H groups in total. The summed E-state index contributed by atoms with van der Waals surface area (Å²) < 4.78 is 27.4. The average molecular weight is 589 g/mol. The van der Waals surface area contributed by atoms with E-state index in [1.54, 1.807) is 44.2 Å². The van der Waals surface area contributed by atoms with Gasteiger partial charge in [-0.15, -0.1) is 0 Å². The second-order valence-corrected chi connectivity index (χ2v) is 8.89. The van der Waals surface area contributed by atoms with Crippen LogP contribution in [0.25, 0.3) is 0 Å². The average Bonchev–Trinajstić information content (AvgIpc) is 2.93. The lowest BCUT2D eigenvalue weighted by atomic mass is 9.95. The molecule has 41 heavy (non-hydrogen) atoms. The molecule has 0 saturated carbocycles. The number of hydrogen-bond donors (Lipinski definition) is 3. The number of hydrogen-bond acceptors (Lipinski definition) is 9. The number of nitrogens with one attached hydrogen (secondary N) is 3. The van der Waals surface area contributed by atoms with E-state index in [0.29, 0.717) is 52.3 Å². The van der Waals surface area contributed by atoms with Crippen molar-refractivity contribution in [1.82, 2.24) is 16.1 Å². The molecule has 0 unspecified atom stereocenters. The van der Waals surface area contributed by atoms with Crippen molar-refractivity contribution in [2.24, 2.45) is 5.10 Å². The highest BCUT2D eigenvalue weighted by Crippen LogP contribution is 2.37. The van der Waals surface area contributed by atoms with Crippen LogP contribution in [0.1, 0.15) is 44.9 Å². The van der Waals surface area contributed by atoms with E-state index >= 15 is 0 Å². The van der Waals surface area contributed by atoms with E-state index in [1.165, 1.54) is 13.3 Å². The van der Waals surface area contributed by atoms with E-state index in [2.05, 4.69) is 21.2 Å². The van der Waals surface area contributed by atoms with Crippen LogP contribution in [0.15, 0.2) is 46.7 Å². The third-order valence-electron chi connectivity index (χ3n) is 5.67. The third-order valence-corrected chi connectivity index (χ3v) is 5.95. The molecular formula is C28H33ClN4O8. The summed E-state index contributed by atoms with van der Waals surface area (Å²) >= 11 is 6.31. The number of carbonyl (C=O) groups excluding carboxylic acids is 3. The van der Waals surface area contributed by atoms with Gasteiger partial charge in [0.05, 0.1) is 49.8 Å². The molecule has 0 spiro atoms. The lowest BCUT2D eigenvalue weighted by molar-refractivity contribution is -0.139. The predicted octanol–water partition coefficient (Wildman–Crippen LogP) is 3.87. The number of hydrazone groups is 1. The van der Waals surface area contributed by atoms with Crippen LogP contribution in [0.2, 0.25) is 5.02 Å². The van der Waals surface area contributed by atoms with Gasteiger partial charge in [0.15, 0.2) is 29.6 Å². The number of esters is 1. The summed E-state index contributed by atoms with van der Waals surface area (Å²) in [5, 5.41) is 9.62. The Balaban J connectivity index is 1.68. The van der Waals surface area contributed by atoms with Crippen LogP contribution in [0.5, 0.6) is 23.0 Å². The van der Waals surface area contributed by atoms with Crippen molar-refractivity contribution in [3.8, 4) is 23.0 Å². The molecule has 1 aliphatic rings. The number of carbonyl (C=O) groups is 3. The van der Waals surface area contributed by atoms with Crippen molar-refractivity contribution in [2.75, 3.05) is 33.5 Å². The molecule has 3 rings (SSSR count). The molecule has 1 aliphatic heterocycles. The molecule has 0 saturated heterocycles. The standard InChI is InChI=1S/C28H33ClN4O8/c1-6-38-22-12-17(11-19(29)26(22)39-7-2)14-30-33-23(34)15-41-20-10-9-18(13-21(20)37-5)25-24(27(35)40-8-3)16(4)31-28(36)32-25/h9-14,25H,6-8,15H2,1-5H3,(H,33,34)(H2,31,32,36)/b30-14-/t25-/m0/s1. The number of methoxy groups -OCH3 is 1. The fraction of sp³-hybridized carbons (Fsp3) is 0.357. The number of nitrogens with zero attached hydrogens (tertiary/aromatic N) is 1. The quantitative estimate of drug-likeness (QED) is 0.182. The summed E-state index contributed by atoms with van der Waals surface area (Å²) in [6.07, 6.45) is 1.42. The number of allylic oxidation sites excluding steroid dienone is 1. The van der Waals surface area contributed by atoms with Crippen LogP contribution >= 0.6 is 11.6 Å². The monoisotopic (exact) mass is 588 g/mol. The number of halogens is 1. The minimum absolute atomic E-state index is 0.181. The first kappa shape index (κ1) is 31.1. The number of ether oxygens (including phenoxy) is 5.